The molecule has 0 aromatic carbocycles. The highest BCUT2D eigenvalue weighted by Crippen LogP contribution is 2.50. The van der Waals surface area contributed by atoms with Gasteiger partial charge in [0.15, 0.2) is 0 Å². The van der Waals surface area contributed by atoms with Crippen LogP contribution in [-0.2, 0) is 50.2 Å². The second-order valence-corrected chi connectivity index (χ2v) is 23.9. The van der Waals surface area contributed by atoms with Crippen LogP contribution >= 0.6 is 7.82 Å². The number of esters is 2. The Morgan fingerprint density at radius 1 is 0.520 bits per heavy atom. The van der Waals surface area contributed by atoms with Crippen molar-refractivity contribution in [3.63, 3.8) is 0 Å². The minimum Gasteiger partial charge on any atom is -0.462 e. The molecular formula is C61H117N4O9P. The second kappa shape index (κ2) is 49.2. The van der Waals surface area contributed by atoms with E-state index in [0.29, 0.717) is 38.6 Å². The molecule has 13 nitrogen and oxygen atoms in total. The summed E-state index contributed by atoms with van der Waals surface area (Å²) in [6.07, 6.45) is 47.2. The number of likely N-dealkylation sites (tertiary alicyclic amines) is 1. The first-order valence-corrected chi connectivity index (χ1v) is 33.4. The molecule has 0 spiro atoms. The number of hydrogen-bond donors (Lipinski definition) is 1. The molecule has 2 rings (SSSR count). The molecule has 0 unspecified atom stereocenters. The smallest absolute Gasteiger partial charge is 0.462 e. The van der Waals surface area contributed by atoms with E-state index in [9.17, 15) is 19.3 Å². The molecule has 14 heteroatoms. The number of piperidine rings is 1. The molecule has 1 aromatic heterocycles. The van der Waals surface area contributed by atoms with E-state index in [1.54, 1.807) is 0 Å². The first-order valence-electron chi connectivity index (χ1n) is 31.9. The predicted molar refractivity (Wildman–Crippen MR) is 308 cm³/mol. The fraction of sp³-hybridized carbons (Fsp3) is 0.934. The molecule has 0 aliphatic carbocycles. The van der Waals surface area contributed by atoms with Crippen LogP contribution in [0.5, 0.6) is 0 Å². The van der Waals surface area contributed by atoms with Gasteiger partial charge in [0.1, 0.15) is 12.2 Å². The fourth-order valence-corrected chi connectivity index (χ4v) is 11.3. The number of phosphoric acid groups is 1. The molecule has 2 heterocycles. The van der Waals surface area contributed by atoms with Crippen molar-refractivity contribution < 1.29 is 42.3 Å². The highest BCUT2D eigenvalue weighted by atomic mass is 31.2. The maximum atomic E-state index is 14.0. The van der Waals surface area contributed by atoms with Crippen LogP contribution in [0.3, 0.4) is 0 Å². The number of unbranched alkanes of at least 4 members (excludes halogenated alkanes) is 28. The van der Waals surface area contributed by atoms with Gasteiger partial charge in [0.25, 0.3) is 0 Å². The van der Waals surface area contributed by atoms with E-state index in [-0.39, 0.29) is 50.1 Å². The number of hydrogen-bond acceptors (Lipinski definition) is 12. The summed E-state index contributed by atoms with van der Waals surface area (Å²) in [4.78, 5) is 28.2. The molecule has 440 valence electrons. The van der Waals surface area contributed by atoms with E-state index in [0.717, 1.165) is 141 Å². The Balaban J connectivity index is 1.77. The van der Waals surface area contributed by atoms with Gasteiger partial charge in [-0.25, -0.2) is 4.57 Å². The minimum absolute atomic E-state index is 0.0482. The molecule has 1 aliphatic heterocycles. The molecule has 0 radical (unpaired) electrons. The van der Waals surface area contributed by atoms with Gasteiger partial charge in [-0.1, -0.05) is 200 Å². The number of aliphatic hydroxyl groups is 1. The van der Waals surface area contributed by atoms with E-state index >= 15 is 0 Å². The zero-order chi connectivity index (χ0) is 54.1. The lowest BCUT2D eigenvalue weighted by molar-refractivity contribution is -0.151. The highest BCUT2D eigenvalue weighted by Gasteiger charge is 2.27. The molecule has 1 aromatic rings. The number of carbonyl (C=O) groups excluding carboxylic acids is 2. The Morgan fingerprint density at radius 2 is 0.880 bits per heavy atom. The van der Waals surface area contributed by atoms with E-state index in [2.05, 4.69) is 42.9 Å². The monoisotopic (exact) mass is 1080 g/mol. The van der Waals surface area contributed by atoms with Gasteiger partial charge in [-0.3, -0.25) is 27.8 Å². The Labute approximate surface area is 460 Å². The molecule has 1 aliphatic rings. The van der Waals surface area contributed by atoms with Crippen LogP contribution in [0.15, 0.2) is 6.20 Å². The molecule has 75 heavy (non-hydrogen) atoms. The quantitative estimate of drug-likeness (QED) is 0.0375. The van der Waals surface area contributed by atoms with Crippen molar-refractivity contribution in [2.75, 3.05) is 39.5 Å². The van der Waals surface area contributed by atoms with Crippen LogP contribution in [0.2, 0.25) is 0 Å². The second-order valence-electron chi connectivity index (χ2n) is 22.2. The lowest BCUT2D eigenvalue weighted by Gasteiger charge is -2.29. The first-order chi connectivity index (χ1) is 36.7. The van der Waals surface area contributed by atoms with Crippen molar-refractivity contribution in [2.24, 2.45) is 0 Å². The van der Waals surface area contributed by atoms with Crippen molar-refractivity contribution in [3.05, 3.63) is 11.9 Å². The number of nitrogens with zero attached hydrogens (tertiary/aromatic N) is 4. The van der Waals surface area contributed by atoms with Crippen LogP contribution < -0.4 is 0 Å². The number of ether oxygens (including phenoxy) is 2. The van der Waals surface area contributed by atoms with Gasteiger partial charge >= 0.3 is 19.8 Å². The molecule has 0 saturated carbocycles. The van der Waals surface area contributed by atoms with Crippen molar-refractivity contribution >= 4 is 19.8 Å². The van der Waals surface area contributed by atoms with E-state index in [1.165, 1.54) is 128 Å². The number of phosphoric ester groups is 1. The normalized spacial score (nSPS) is 13.7. The third-order valence-corrected chi connectivity index (χ3v) is 16.6. The van der Waals surface area contributed by atoms with Gasteiger partial charge in [0, 0.05) is 45.1 Å². The van der Waals surface area contributed by atoms with Gasteiger partial charge in [-0.2, -0.15) is 0 Å². The van der Waals surface area contributed by atoms with Gasteiger partial charge in [0.05, 0.1) is 38.2 Å². The topological polar surface area (TPSA) is 152 Å². The fourth-order valence-electron chi connectivity index (χ4n) is 10.1. The average Bonchev–Trinajstić information content (AvgIpc) is 3.86. The summed E-state index contributed by atoms with van der Waals surface area (Å²) in [7, 11) is -3.83. The van der Waals surface area contributed by atoms with Crippen molar-refractivity contribution in [1.82, 2.24) is 19.9 Å². The molecule has 1 N–H and O–H groups in total. The average molecular weight is 1080 g/mol. The number of carbonyl (C=O) groups is 2. The van der Waals surface area contributed by atoms with Crippen LogP contribution in [0.1, 0.15) is 303 Å². The zero-order valence-electron chi connectivity index (χ0n) is 49.1. The van der Waals surface area contributed by atoms with E-state index in [4.69, 9.17) is 23.0 Å². The SMILES string of the molecule is CCCCCCCCC(CCCCCCCC)OC(=O)CCCCCCCOP(=O)(OCCCCCCCC(=O)OC(CCCCCCCC)CCCCCCCC)OCCc1cn(CCN2CCC(O)CC2)nn1. The summed E-state index contributed by atoms with van der Waals surface area (Å²) >= 11 is 0. The maximum Gasteiger partial charge on any atom is 0.474 e. The summed E-state index contributed by atoms with van der Waals surface area (Å²) in [6.45, 7) is 13.0. The van der Waals surface area contributed by atoms with Crippen molar-refractivity contribution in [3.8, 4) is 0 Å². The zero-order valence-corrected chi connectivity index (χ0v) is 50.0. The Morgan fingerprint density at radius 3 is 1.29 bits per heavy atom. The molecule has 0 bridgehead atoms. The van der Waals surface area contributed by atoms with E-state index < -0.39 is 7.82 Å². The third kappa shape index (κ3) is 40.9. The van der Waals surface area contributed by atoms with Gasteiger partial charge in [-0.05, 0) is 89.9 Å². The molecule has 1 saturated heterocycles. The Kier molecular flexibility index (Phi) is 45.4. The van der Waals surface area contributed by atoms with Crippen LogP contribution in [0.25, 0.3) is 0 Å². The summed E-state index contributed by atoms with van der Waals surface area (Å²) < 4.78 is 45.6. The van der Waals surface area contributed by atoms with Crippen molar-refractivity contribution in [2.45, 2.75) is 329 Å². The Hall–Kier alpha value is -1.89. The summed E-state index contributed by atoms with van der Waals surface area (Å²) in [5, 5.41) is 18.5. The Bertz CT molecular complexity index is 1390. The summed E-state index contributed by atoms with van der Waals surface area (Å²) in [5.74, 6) is -0.115. The molecular weight excluding hydrogens is 964 g/mol. The third-order valence-electron chi connectivity index (χ3n) is 15.1. The standard InChI is InChI=1S/C61H117N4O9P/c1-5-9-13-17-23-31-39-58(40-32-24-18-14-10-6-2)73-60(67)43-35-27-21-29-37-52-70-75(69,72-54-47-56-55-65(63-62-56)51-50-64-48-45-57(66)46-49-64)71-53-38-30-22-28-36-44-61(68)74-59(41-33-25-19-15-11-7-3)42-34-26-20-16-12-8-4/h55,57-59,66H,5-54H2,1-4H3. The molecule has 1 fully saturated rings. The lowest BCUT2D eigenvalue weighted by Crippen LogP contribution is -2.37. The summed E-state index contributed by atoms with van der Waals surface area (Å²) in [5.41, 5.74) is 0.751. The van der Waals surface area contributed by atoms with E-state index in [1.807, 2.05) is 10.9 Å². The summed E-state index contributed by atoms with van der Waals surface area (Å²) in [6, 6.07) is 0. The lowest BCUT2D eigenvalue weighted by atomic mass is 10.0. The van der Waals surface area contributed by atoms with Crippen LogP contribution in [0.4, 0.5) is 0 Å². The van der Waals surface area contributed by atoms with Crippen molar-refractivity contribution in [1.29, 1.82) is 0 Å². The first kappa shape index (κ1) is 69.2. The molecule has 0 amide bonds. The minimum atomic E-state index is -3.83. The maximum absolute atomic E-state index is 14.0. The van der Waals surface area contributed by atoms with Gasteiger partial charge < -0.3 is 19.5 Å². The number of aliphatic hydroxyl groups excluding tert-OH is 1. The van der Waals surface area contributed by atoms with Gasteiger partial charge in [0.2, 0.25) is 0 Å². The van der Waals surface area contributed by atoms with Gasteiger partial charge in [-0.15, -0.1) is 5.10 Å². The number of aromatic nitrogens is 3. The van der Waals surface area contributed by atoms with Crippen LogP contribution in [0, 0.1) is 0 Å². The number of rotatable bonds is 55. The molecule has 0 atom stereocenters. The largest absolute Gasteiger partial charge is 0.474 e. The predicted octanol–water partition coefficient (Wildman–Crippen LogP) is 16.9. The van der Waals surface area contributed by atoms with Crippen LogP contribution in [-0.4, -0.2) is 94.7 Å². The highest BCUT2D eigenvalue weighted by molar-refractivity contribution is 7.48.